The molecule has 0 unspecified atom stereocenters. The van der Waals surface area contributed by atoms with Crippen LogP contribution in [0.15, 0.2) is 66.9 Å². The molecule has 3 aromatic rings. The number of aromatic carboxylic acids is 1. The number of pyridine rings is 1. The van der Waals surface area contributed by atoms with Gasteiger partial charge in [0.2, 0.25) is 0 Å². The molecule has 0 bridgehead atoms. The maximum atomic E-state index is 11.4. The molecule has 0 aliphatic heterocycles. The molecule has 0 atom stereocenters. The van der Waals surface area contributed by atoms with E-state index in [9.17, 15) is 9.90 Å². The van der Waals surface area contributed by atoms with Crippen LogP contribution in [0.2, 0.25) is 0 Å². The Morgan fingerprint density at radius 2 is 1.79 bits per heavy atom. The molecule has 4 heteroatoms. The number of benzene rings is 2. The van der Waals surface area contributed by atoms with Crippen molar-refractivity contribution < 1.29 is 14.6 Å². The fourth-order valence-corrected chi connectivity index (χ4v) is 2.44. The standard InChI is InChI=1S/C20H17NO3/c1-14-11-18(19(12-21-14)20(22)23)16-7-9-17(10-8-16)24-13-15-5-3-2-4-6-15/h2-12H,13H2,1H3,(H,22,23). The summed E-state index contributed by atoms with van der Waals surface area (Å²) < 4.78 is 5.76. The van der Waals surface area contributed by atoms with Gasteiger partial charge in [-0.05, 0) is 41.8 Å². The molecule has 0 aliphatic carbocycles. The third-order valence-corrected chi connectivity index (χ3v) is 3.68. The molecule has 0 fully saturated rings. The van der Waals surface area contributed by atoms with Crippen molar-refractivity contribution in [2.75, 3.05) is 0 Å². The maximum absolute atomic E-state index is 11.4. The summed E-state index contributed by atoms with van der Waals surface area (Å²) in [5.41, 5.74) is 3.55. The summed E-state index contributed by atoms with van der Waals surface area (Å²) in [6.45, 7) is 2.33. The van der Waals surface area contributed by atoms with E-state index in [1.54, 1.807) is 6.07 Å². The summed E-state index contributed by atoms with van der Waals surface area (Å²) in [5.74, 6) is -0.243. The number of nitrogens with zero attached hydrogens (tertiary/aromatic N) is 1. The lowest BCUT2D eigenvalue weighted by molar-refractivity contribution is 0.0697. The summed E-state index contributed by atoms with van der Waals surface area (Å²) in [4.78, 5) is 15.4. The first-order valence-electron chi connectivity index (χ1n) is 7.60. The van der Waals surface area contributed by atoms with Crippen LogP contribution in [0.25, 0.3) is 11.1 Å². The molecule has 0 radical (unpaired) electrons. The van der Waals surface area contributed by atoms with Gasteiger partial charge in [0.15, 0.2) is 0 Å². The van der Waals surface area contributed by atoms with Gasteiger partial charge in [0.1, 0.15) is 12.4 Å². The smallest absolute Gasteiger partial charge is 0.337 e. The topological polar surface area (TPSA) is 59.4 Å². The van der Waals surface area contributed by atoms with Gasteiger partial charge < -0.3 is 9.84 Å². The fourth-order valence-electron chi connectivity index (χ4n) is 2.44. The zero-order valence-corrected chi connectivity index (χ0v) is 13.3. The van der Waals surface area contributed by atoms with Crippen LogP contribution in [-0.2, 0) is 6.61 Å². The molecular formula is C20H17NO3. The van der Waals surface area contributed by atoms with E-state index < -0.39 is 5.97 Å². The van der Waals surface area contributed by atoms with Gasteiger partial charge in [-0.2, -0.15) is 0 Å². The van der Waals surface area contributed by atoms with Crippen LogP contribution in [0.1, 0.15) is 21.6 Å². The van der Waals surface area contributed by atoms with Crippen LogP contribution in [-0.4, -0.2) is 16.1 Å². The zero-order chi connectivity index (χ0) is 16.9. The molecular weight excluding hydrogens is 302 g/mol. The number of aromatic nitrogens is 1. The summed E-state index contributed by atoms with van der Waals surface area (Å²) in [6.07, 6.45) is 1.40. The highest BCUT2D eigenvalue weighted by Gasteiger charge is 2.12. The Labute approximate surface area is 140 Å². The molecule has 3 rings (SSSR count). The Hall–Kier alpha value is -3.14. The van der Waals surface area contributed by atoms with E-state index in [0.29, 0.717) is 12.2 Å². The van der Waals surface area contributed by atoms with Crippen molar-refractivity contribution in [3.05, 3.63) is 83.7 Å². The van der Waals surface area contributed by atoms with E-state index in [4.69, 9.17) is 4.74 Å². The molecule has 24 heavy (non-hydrogen) atoms. The lowest BCUT2D eigenvalue weighted by atomic mass is 10.0. The van der Waals surface area contributed by atoms with Crippen molar-refractivity contribution >= 4 is 5.97 Å². The molecule has 1 aromatic heterocycles. The summed E-state index contributed by atoms with van der Waals surface area (Å²) in [6, 6.07) is 19.1. The van der Waals surface area contributed by atoms with E-state index >= 15 is 0 Å². The maximum Gasteiger partial charge on any atom is 0.337 e. The van der Waals surface area contributed by atoms with Crippen molar-refractivity contribution in [2.24, 2.45) is 0 Å². The predicted molar refractivity (Wildman–Crippen MR) is 92.1 cm³/mol. The van der Waals surface area contributed by atoms with Gasteiger partial charge in [-0.3, -0.25) is 4.98 Å². The summed E-state index contributed by atoms with van der Waals surface area (Å²) in [7, 11) is 0. The molecule has 1 N–H and O–H groups in total. The molecule has 0 saturated carbocycles. The third-order valence-electron chi connectivity index (χ3n) is 3.68. The molecule has 4 nitrogen and oxygen atoms in total. The van der Waals surface area contributed by atoms with Crippen LogP contribution in [0, 0.1) is 6.92 Å². The van der Waals surface area contributed by atoms with E-state index in [2.05, 4.69) is 4.98 Å². The number of aryl methyl sites for hydroxylation is 1. The van der Waals surface area contributed by atoms with Gasteiger partial charge in [0, 0.05) is 11.9 Å². The van der Waals surface area contributed by atoms with E-state index in [0.717, 1.165) is 22.6 Å². The van der Waals surface area contributed by atoms with Crippen molar-refractivity contribution in [1.29, 1.82) is 0 Å². The Kier molecular flexibility index (Phi) is 4.57. The number of hydrogen-bond acceptors (Lipinski definition) is 3. The van der Waals surface area contributed by atoms with Gasteiger partial charge in [-0.1, -0.05) is 42.5 Å². The quantitative estimate of drug-likeness (QED) is 0.760. The second-order valence-corrected chi connectivity index (χ2v) is 5.48. The van der Waals surface area contributed by atoms with E-state index in [-0.39, 0.29) is 5.56 Å². The minimum absolute atomic E-state index is 0.193. The molecule has 0 aliphatic rings. The van der Waals surface area contributed by atoms with E-state index in [1.165, 1.54) is 6.20 Å². The lowest BCUT2D eigenvalue weighted by Gasteiger charge is -2.09. The lowest BCUT2D eigenvalue weighted by Crippen LogP contribution is -2.01. The highest BCUT2D eigenvalue weighted by Crippen LogP contribution is 2.26. The number of hydrogen-bond donors (Lipinski definition) is 1. The predicted octanol–water partition coefficient (Wildman–Crippen LogP) is 4.33. The number of ether oxygens (including phenoxy) is 1. The number of rotatable bonds is 5. The molecule has 2 aromatic carbocycles. The Bertz CT molecular complexity index is 843. The second kappa shape index (κ2) is 6.96. The molecule has 0 amide bonds. The van der Waals surface area contributed by atoms with Crippen LogP contribution in [0.4, 0.5) is 0 Å². The normalized spacial score (nSPS) is 10.4. The first-order chi connectivity index (χ1) is 11.6. The highest BCUT2D eigenvalue weighted by atomic mass is 16.5. The molecule has 0 spiro atoms. The molecule has 0 saturated heterocycles. The number of carboxylic acids is 1. The zero-order valence-electron chi connectivity index (χ0n) is 13.3. The minimum atomic E-state index is -0.984. The van der Waals surface area contributed by atoms with Gasteiger partial charge >= 0.3 is 5.97 Å². The monoisotopic (exact) mass is 319 g/mol. The van der Waals surface area contributed by atoms with Crippen molar-refractivity contribution in [1.82, 2.24) is 4.98 Å². The van der Waals surface area contributed by atoms with Gasteiger partial charge in [-0.25, -0.2) is 4.79 Å². The molecule has 1 heterocycles. The second-order valence-electron chi connectivity index (χ2n) is 5.48. The van der Waals surface area contributed by atoms with Gasteiger partial charge in [0.25, 0.3) is 0 Å². The Balaban J connectivity index is 1.80. The van der Waals surface area contributed by atoms with Crippen LogP contribution in [0.5, 0.6) is 5.75 Å². The highest BCUT2D eigenvalue weighted by molar-refractivity contribution is 5.95. The molecule has 120 valence electrons. The SMILES string of the molecule is Cc1cc(-c2ccc(OCc3ccccc3)cc2)c(C(=O)O)cn1. The first kappa shape index (κ1) is 15.7. The van der Waals surface area contributed by atoms with Crippen molar-refractivity contribution in [3.63, 3.8) is 0 Å². The average Bonchev–Trinajstić information content (AvgIpc) is 2.61. The van der Waals surface area contributed by atoms with Crippen molar-refractivity contribution in [2.45, 2.75) is 13.5 Å². The average molecular weight is 319 g/mol. The van der Waals surface area contributed by atoms with Gasteiger partial charge in [0.05, 0.1) is 5.56 Å². The Morgan fingerprint density at radius 3 is 2.46 bits per heavy atom. The van der Waals surface area contributed by atoms with Crippen LogP contribution >= 0.6 is 0 Å². The largest absolute Gasteiger partial charge is 0.489 e. The fraction of sp³-hybridized carbons (Fsp3) is 0.100. The minimum Gasteiger partial charge on any atom is -0.489 e. The summed E-state index contributed by atoms with van der Waals surface area (Å²) in [5, 5.41) is 9.32. The van der Waals surface area contributed by atoms with Crippen molar-refractivity contribution in [3.8, 4) is 16.9 Å². The Morgan fingerprint density at radius 1 is 1.08 bits per heavy atom. The number of carboxylic acid groups (broad SMARTS) is 1. The van der Waals surface area contributed by atoms with Crippen LogP contribution < -0.4 is 4.74 Å². The summed E-state index contributed by atoms with van der Waals surface area (Å²) >= 11 is 0. The van der Waals surface area contributed by atoms with Crippen LogP contribution in [0.3, 0.4) is 0 Å². The number of carbonyl (C=O) groups is 1. The third kappa shape index (κ3) is 3.60. The van der Waals surface area contributed by atoms with Gasteiger partial charge in [-0.15, -0.1) is 0 Å². The van der Waals surface area contributed by atoms with E-state index in [1.807, 2.05) is 61.5 Å². The first-order valence-corrected chi connectivity index (χ1v) is 7.60.